The van der Waals surface area contributed by atoms with Gasteiger partial charge in [0.05, 0.1) is 7.11 Å². The minimum absolute atomic E-state index is 0.640. The smallest absolute Gasteiger partial charge is 0.119 e. The molecule has 0 aliphatic rings. The molecule has 0 heterocycles. The Balaban J connectivity index is 2.59. The lowest BCUT2D eigenvalue weighted by Crippen LogP contribution is -2.33. The highest BCUT2D eigenvalue weighted by atomic mass is 16.5. The van der Waals surface area contributed by atoms with E-state index in [1.165, 1.54) is 12.0 Å². The molecule has 0 bridgehead atoms. The molecule has 1 aromatic carbocycles. The maximum absolute atomic E-state index is 5.25. The summed E-state index contributed by atoms with van der Waals surface area (Å²) >= 11 is 0. The van der Waals surface area contributed by atoms with Crippen LogP contribution >= 0.6 is 0 Å². The predicted molar refractivity (Wildman–Crippen MR) is 73.6 cm³/mol. The van der Waals surface area contributed by atoms with E-state index in [2.05, 4.69) is 51.0 Å². The summed E-state index contributed by atoms with van der Waals surface area (Å²) in [6.45, 7) is 4.58. The highest BCUT2D eigenvalue weighted by Crippen LogP contribution is 2.18. The van der Waals surface area contributed by atoms with Crippen molar-refractivity contribution >= 4 is 0 Å². The Morgan fingerprint density at radius 3 is 2.47 bits per heavy atom. The summed E-state index contributed by atoms with van der Waals surface area (Å²) in [6, 6.07) is 9.01. The van der Waals surface area contributed by atoms with Crippen LogP contribution in [-0.2, 0) is 6.42 Å². The summed E-state index contributed by atoms with van der Waals surface area (Å²) < 4.78 is 5.25. The molecule has 0 unspecified atom stereocenters. The molecule has 0 N–H and O–H groups in total. The quantitative estimate of drug-likeness (QED) is 0.750. The van der Waals surface area contributed by atoms with Gasteiger partial charge in [-0.3, -0.25) is 0 Å². The molecule has 0 fully saturated rings. The first-order chi connectivity index (χ1) is 8.04. The molecule has 0 saturated carbocycles. The van der Waals surface area contributed by atoms with Gasteiger partial charge in [-0.25, -0.2) is 0 Å². The summed E-state index contributed by atoms with van der Waals surface area (Å²) in [4.78, 5) is 2.32. The molecule has 1 rings (SSSR count). The first-order valence-electron chi connectivity index (χ1n) is 6.34. The summed E-state index contributed by atoms with van der Waals surface area (Å²) in [5.74, 6) is 1.64. The maximum atomic E-state index is 5.25. The van der Waals surface area contributed by atoms with Crippen LogP contribution < -0.4 is 4.74 Å². The monoisotopic (exact) mass is 235 g/mol. The molecule has 17 heavy (non-hydrogen) atoms. The fraction of sp³-hybridized carbons (Fsp3) is 0.600. The summed E-state index contributed by atoms with van der Waals surface area (Å²) in [5, 5.41) is 0. The third-order valence-electron chi connectivity index (χ3n) is 3.30. The third kappa shape index (κ3) is 4.39. The van der Waals surface area contributed by atoms with E-state index in [4.69, 9.17) is 4.74 Å². The zero-order valence-electron chi connectivity index (χ0n) is 11.7. The molecule has 0 amide bonds. The number of methoxy groups -OCH3 is 1. The lowest BCUT2D eigenvalue weighted by atomic mass is 9.96. The fourth-order valence-corrected chi connectivity index (χ4v) is 2.33. The van der Waals surface area contributed by atoms with E-state index in [0.717, 1.165) is 12.2 Å². The average molecular weight is 235 g/mol. The van der Waals surface area contributed by atoms with Crippen LogP contribution in [0.15, 0.2) is 24.3 Å². The Kier molecular flexibility index (Phi) is 5.49. The Bertz CT molecular complexity index is 325. The van der Waals surface area contributed by atoms with Gasteiger partial charge < -0.3 is 9.64 Å². The van der Waals surface area contributed by atoms with E-state index in [1.807, 2.05) is 6.07 Å². The second-order valence-corrected chi connectivity index (χ2v) is 5.17. The van der Waals surface area contributed by atoms with Gasteiger partial charge in [0.25, 0.3) is 0 Å². The SMILES string of the molecule is COc1cccc(CC[C@@H](C(C)C)N(C)C)c1. The standard InChI is InChI=1S/C15H25NO/c1-12(2)15(16(3)4)10-9-13-7-6-8-14(11-13)17-5/h6-8,11-12,15H,9-10H2,1-5H3/t15-/m0/s1. The van der Waals surface area contributed by atoms with Gasteiger partial charge in [-0.05, 0) is 50.6 Å². The van der Waals surface area contributed by atoms with Gasteiger partial charge in [-0.1, -0.05) is 26.0 Å². The van der Waals surface area contributed by atoms with Crippen LogP contribution in [0.25, 0.3) is 0 Å². The number of aryl methyl sites for hydroxylation is 1. The van der Waals surface area contributed by atoms with Crippen molar-refractivity contribution in [2.24, 2.45) is 5.92 Å². The minimum atomic E-state index is 0.640. The highest BCUT2D eigenvalue weighted by Gasteiger charge is 2.15. The van der Waals surface area contributed by atoms with Crippen molar-refractivity contribution in [3.05, 3.63) is 29.8 Å². The van der Waals surface area contributed by atoms with Gasteiger partial charge in [-0.2, -0.15) is 0 Å². The Labute approximate surface area is 106 Å². The van der Waals surface area contributed by atoms with Crippen LogP contribution in [0.5, 0.6) is 5.75 Å². The summed E-state index contributed by atoms with van der Waals surface area (Å²) in [5.41, 5.74) is 1.36. The van der Waals surface area contributed by atoms with E-state index in [9.17, 15) is 0 Å². The zero-order valence-corrected chi connectivity index (χ0v) is 11.7. The van der Waals surface area contributed by atoms with Gasteiger partial charge in [0.2, 0.25) is 0 Å². The van der Waals surface area contributed by atoms with Crippen molar-refractivity contribution in [3.63, 3.8) is 0 Å². The van der Waals surface area contributed by atoms with Gasteiger partial charge in [0.15, 0.2) is 0 Å². The van der Waals surface area contributed by atoms with E-state index < -0.39 is 0 Å². The van der Waals surface area contributed by atoms with Gasteiger partial charge >= 0.3 is 0 Å². The Hall–Kier alpha value is -1.02. The predicted octanol–water partition coefficient (Wildman–Crippen LogP) is 3.21. The van der Waals surface area contributed by atoms with Crippen molar-refractivity contribution in [2.75, 3.05) is 21.2 Å². The van der Waals surface area contributed by atoms with E-state index in [-0.39, 0.29) is 0 Å². The molecule has 0 spiro atoms. The third-order valence-corrected chi connectivity index (χ3v) is 3.30. The molecule has 0 aliphatic heterocycles. The molecule has 0 saturated heterocycles. The van der Waals surface area contributed by atoms with Crippen LogP contribution in [0.4, 0.5) is 0 Å². The Morgan fingerprint density at radius 2 is 1.94 bits per heavy atom. The highest BCUT2D eigenvalue weighted by molar-refractivity contribution is 5.28. The first kappa shape index (κ1) is 14.0. The fourth-order valence-electron chi connectivity index (χ4n) is 2.33. The van der Waals surface area contributed by atoms with E-state index in [0.29, 0.717) is 12.0 Å². The largest absolute Gasteiger partial charge is 0.497 e. The molecule has 0 radical (unpaired) electrons. The maximum Gasteiger partial charge on any atom is 0.119 e. The average Bonchev–Trinajstić information content (AvgIpc) is 2.28. The molecule has 2 heteroatoms. The molecular weight excluding hydrogens is 210 g/mol. The minimum Gasteiger partial charge on any atom is -0.497 e. The van der Waals surface area contributed by atoms with Crippen molar-refractivity contribution in [2.45, 2.75) is 32.7 Å². The van der Waals surface area contributed by atoms with Gasteiger partial charge in [-0.15, -0.1) is 0 Å². The molecular formula is C15H25NO. The Morgan fingerprint density at radius 1 is 1.24 bits per heavy atom. The molecule has 1 aromatic rings. The number of benzene rings is 1. The summed E-state index contributed by atoms with van der Waals surface area (Å²) in [7, 11) is 6.04. The topological polar surface area (TPSA) is 12.5 Å². The lowest BCUT2D eigenvalue weighted by Gasteiger charge is -2.28. The van der Waals surface area contributed by atoms with Crippen LogP contribution in [0.2, 0.25) is 0 Å². The van der Waals surface area contributed by atoms with E-state index >= 15 is 0 Å². The number of hydrogen-bond donors (Lipinski definition) is 0. The van der Waals surface area contributed by atoms with Crippen molar-refractivity contribution in [1.82, 2.24) is 4.90 Å². The molecule has 0 aromatic heterocycles. The van der Waals surface area contributed by atoms with Crippen molar-refractivity contribution < 1.29 is 4.74 Å². The molecule has 2 nitrogen and oxygen atoms in total. The van der Waals surface area contributed by atoms with Crippen LogP contribution in [0.1, 0.15) is 25.8 Å². The van der Waals surface area contributed by atoms with Crippen LogP contribution in [-0.4, -0.2) is 32.1 Å². The lowest BCUT2D eigenvalue weighted by molar-refractivity contribution is 0.219. The molecule has 96 valence electrons. The van der Waals surface area contributed by atoms with Gasteiger partial charge in [0, 0.05) is 6.04 Å². The number of hydrogen-bond acceptors (Lipinski definition) is 2. The summed E-state index contributed by atoms with van der Waals surface area (Å²) in [6.07, 6.45) is 2.30. The molecule has 0 aliphatic carbocycles. The molecule has 1 atom stereocenters. The van der Waals surface area contributed by atoms with Crippen molar-refractivity contribution in [1.29, 1.82) is 0 Å². The number of ether oxygens (including phenoxy) is 1. The first-order valence-corrected chi connectivity index (χ1v) is 6.34. The second kappa shape index (κ2) is 6.65. The zero-order chi connectivity index (χ0) is 12.8. The second-order valence-electron chi connectivity index (χ2n) is 5.17. The van der Waals surface area contributed by atoms with E-state index in [1.54, 1.807) is 7.11 Å². The van der Waals surface area contributed by atoms with Gasteiger partial charge in [0.1, 0.15) is 5.75 Å². The van der Waals surface area contributed by atoms with Crippen LogP contribution in [0.3, 0.4) is 0 Å². The van der Waals surface area contributed by atoms with Crippen molar-refractivity contribution in [3.8, 4) is 5.75 Å². The normalized spacial score (nSPS) is 13.1. The number of nitrogens with zero attached hydrogens (tertiary/aromatic N) is 1. The van der Waals surface area contributed by atoms with Crippen LogP contribution in [0, 0.1) is 5.92 Å². The number of rotatable bonds is 6.